The van der Waals surface area contributed by atoms with E-state index in [1.165, 1.54) is 18.4 Å². The van der Waals surface area contributed by atoms with Crippen LogP contribution in [0.5, 0.6) is 0 Å². The fourth-order valence-corrected chi connectivity index (χ4v) is 2.23. The molecule has 4 heteroatoms. The van der Waals surface area contributed by atoms with Gasteiger partial charge in [0.1, 0.15) is 0 Å². The molecule has 0 radical (unpaired) electrons. The van der Waals surface area contributed by atoms with Crippen molar-refractivity contribution in [1.29, 1.82) is 0 Å². The van der Waals surface area contributed by atoms with Crippen molar-refractivity contribution in [3.63, 3.8) is 0 Å². The van der Waals surface area contributed by atoms with Gasteiger partial charge in [-0.1, -0.05) is 26.0 Å². The molecule has 0 aliphatic heterocycles. The number of hydrogen-bond donors (Lipinski definition) is 1. The molecule has 1 atom stereocenters. The van der Waals surface area contributed by atoms with Gasteiger partial charge in [-0.25, -0.2) is 4.79 Å². The highest BCUT2D eigenvalue weighted by atomic mass is 16.5. The molecule has 1 aromatic rings. The fourth-order valence-electron chi connectivity index (χ4n) is 2.23. The van der Waals surface area contributed by atoms with E-state index in [1.54, 1.807) is 12.1 Å². The lowest BCUT2D eigenvalue weighted by molar-refractivity contribution is -0.124. The van der Waals surface area contributed by atoms with Gasteiger partial charge in [-0.3, -0.25) is 4.79 Å². The summed E-state index contributed by atoms with van der Waals surface area (Å²) in [5, 5.41) is 2.86. The Morgan fingerprint density at radius 3 is 2.33 bits per heavy atom. The summed E-state index contributed by atoms with van der Waals surface area (Å²) in [4.78, 5) is 23.5. The molecule has 4 nitrogen and oxygen atoms in total. The molecule has 0 heterocycles. The maximum Gasteiger partial charge on any atom is 0.338 e. The molecule has 0 saturated heterocycles. The quantitative estimate of drug-likeness (QED) is 0.819. The third-order valence-corrected chi connectivity index (χ3v) is 3.87. The monoisotopic (exact) mass is 289 g/mol. The van der Waals surface area contributed by atoms with Crippen molar-refractivity contribution in [2.75, 3.05) is 6.61 Å². The highest BCUT2D eigenvalue weighted by Gasteiger charge is 2.28. The number of esters is 1. The molecule has 1 fully saturated rings. The average Bonchev–Trinajstić information content (AvgIpc) is 3.29. The molecule has 21 heavy (non-hydrogen) atoms. The van der Waals surface area contributed by atoms with Crippen molar-refractivity contribution in [2.45, 2.75) is 45.6 Å². The summed E-state index contributed by atoms with van der Waals surface area (Å²) < 4.78 is 5.04. The van der Waals surface area contributed by atoms with Crippen LogP contribution >= 0.6 is 0 Å². The van der Waals surface area contributed by atoms with E-state index >= 15 is 0 Å². The second kappa shape index (κ2) is 6.74. The summed E-state index contributed by atoms with van der Waals surface area (Å²) in [7, 11) is 0. The van der Waals surface area contributed by atoms with Crippen LogP contribution in [-0.4, -0.2) is 24.5 Å². The maximum atomic E-state index is 11.9. The Labute approximate surface area is 125 Å². The molecule has 1 N–H and O–H groups in total. The highest BCUT2D eigenvalue weighted by Crippen LogP contribution is 2.32. The molecule has 1 aliphatic carbocycles. The largest absolute Gasteiger partial charge is 0.452 e. The van der Waals surface area contributed by atoms with Crippen LogP contribution in [0.2, 0.25) is 0 Å². The first-order valence-corrected chi connectivity index (χ1v) is 7.54. The van der Waals surface area contributed by atoms with E-state index in [2.05, 4.69) is 19.2 Å². The molecule has 0 bridgehead atoms. The third kappa shape index (κ3) is 4.59. The lowest BCUT2D eigenvalue weighted by Crippen LogP contribution is -2.37. The lowest BCUT2D eigenvalue weighted by Gasteiger charge is -2.13. The van der Waals surface area contributed by atoms with Crippen molar-refractivity contribution in [1.82, 2.24) is 5.32 Å². The first-order valence-electron chi connectivity index (χ1n) is 7.54. The van der Waals surface area contributed by atoms with Crippen LogP contribution in [0.3, 0.4) is 0 Å². The topological polar surface area (TPSA) is 55.4 Å². The maximum absolute atomic E-state index is 11.9. The minimum absolute atomic E-state index is 0.168. The first kappa shape index (κ1) is 15.5. The summed E-state index contributed by atoms with van der Waals surface area (Å²) in [6.07, 6.45) is 2.34. The molecule has 114 valence electrons. The molecule has 1 amide bonds. The molecule has 0 unspecified atom stereocenters. The second-order valence-electron chi connectivity index (χ2n) is 6.05. The van der Waals surface area contributed by atoms with Gasteiger partial charge in [0.2, 0.25) is 0 Å². The summed E-state index contributed by atoms with van der Waals surface area (Å²) in [5.74, 6) is 0.319. The van der Waals surface area contributed by atoms with E-state index in [9.17, 15) is 9.59 Å². The van der Waals surface area contributed by atoms with E-state index in [-0.39, 0.29) is 18.6 Å². The smallest absolute Gasteiger partial charge is 0.338 e. The second-order valence-corrected chi connectivity index (χ2v) is 6.05. The van der Waals surface area contributed by atoms with Gasteiger partial charge in [-0.2, -0.15) is 0 Å². The van der Waals surface area contributed by atoms with Gasteiger partial charge in [-0.15, -0.1) is 0 Å². The van der Waals surface area contributed by atoms with Crippen molar-refractivity contribution < 1.29 is 14.3 Å². The van der Waals surface area contributed by atoms with E-state index in [0.717, 1.165) is 0 Å². The molecular weight excluding hydrogens is 266 g/mol. The number of hydrogen-bond acceptors (Lipinski definition) is 3. The number of benzene rings is 1. The zero-order valence-electron chi connectivity index (χ0n) is 12.9. The molecule has 2 rings (SSSR count). The Hall–Kier alpha value is -1.84. The van der Waals surface area contributed by atoms with Gasteiger partial charge in [0, 0.05) is 6.04 Å². The van der Waals surface area contributed by atoms with Crippen LogP contribution in [0.25, 0.3) is 0 Å². The average molecular weight is 289 g/mol. The van der Waals surface area contributed by atoms with E-state index < -0.39 is 5.97 Å². The number of nitrogens with one attached hydrogen (secondary N) is 1. The van der Waals surface area contributed by atoms with Crippen LogP contribution in [0.1, 0.15) is 55.5 Å². The molecule has 0 spiro atoms. The predicted molar refractivity (Wildman–Crippen MR) is 81.1 cm³/mol. The predicted octanol–water partition coefficient (Wildman–Crippen LogP) is 2.88. The minimum Gasteiger partial charge on any atom is -0.452 e. The van der Waals surface area contributed by atoms with Gasteiger partial charge in [0.25, 0.3) is 5.91 Å². The van der Waals surface area contributed by atoms with Crippen molar-refractivity contribution >= 4 is 11.9 Å². The molecule has 1 aromatic carbocycles. The Kier molecular flexibility index (Phi) is 4.99. The summed E-state index contributed by atoms with van der Waals surface area (Å²) in [5.41, 5.74) is 1.64. The number of carbonyl (C=O) groups excluding carboxylic acids is 2. The van der Waals surface area contributed by atoms with Gasteiger partial charge < -0.3 is 10.1 Å². The Bertz CT molecular complexity index is 503. The zero-order chi connectivity index (χ0) is 15.4. The van der Waals surface area contributed by atoms with Crippen LogP contribution < -0.4 is 5.32 Å². The van der Waals surface area contributed by atoms with Crippen LogP contribution in [0.4, 0.5) is 0 Å². The third-order valence-electron chi connectivity index (χ3n) is 3.87. The van der Waals surface area contributed by atoms with E-state index in [1.807, 2.05) is 19.1 Å². The Balaban J connectivity index is 1.79. The zero-order valence-corrected chi connectivity index (χ0v) is 12.9. The molecular formula is C17H23NO3. The molecule has 0 aromatic heterocycles. The summed E-state index contributed by atoms with van der Waals surface area (Å²) >= 11 is 0. The number of rotatable bonds is 6. The Morgan fingerprint density at radius 2 is 1.81 bits per heavy atom. The number of amides is 1. The van der Waals surface area contributed by atoms with Crippen LogP contribution in [0, 0.1) is 5.92 Å². The molecule has 1 saturated carbocycles. The minimum atomic E-state index is -0.459. The van der Waals surface area contributed by atoms with Gasteiger partial charge >= 0.3 is 5.97 Å². The van der Waals surface area contributed by atoms with Crippen LogP contribution in [0.15, 0.2) is 24.3 Å². The standard InChI is InChI=1S/C17H23NO3/c1-11(2)13-4-8-15(9-5-13)17(20)21-10-16(19)18-12(3)14-6-7-14/h4-5,8-9,11-12,14H,6-7,10H2,1-3H3,(H,18,19)/t12-/m1/s1. The van der Waals surface area contributed by atoms with Crippen LogP contribution in [-0.2, 0) is 9.53 Å². The lowest BCUT2D eigenvalue weighted by atomic mass is 10.0. The van der Waals surface area contributed by atoms with Crippen molar-refractivity contribution in [3.8, 4) is 0 Å². The SMILES string of the molecule is CC(C)c1ccc(C(=O)OCC(=O)N[C@H](C)C2CC2)cc1. The van der Waals surface area contributed by atoms with E-state index in [0.29, 0.717) is 17.4 Å². The summed E-state index contributed by atoms with van der Waals surface area (Å²) in [6.45, 7) is 5.96. The molecule has 1 aliphatic rings. The fraction of sp³-hybridized carbons (Fsp3) is 0.529. The highest BCUT2D eigenvalue weighted by molar-refractivity contribution is 5.91. The summed E-state index contributed by atoms with van der Waals surface area (Å²) in [6, 6.07) is 7.47. The number of ether oxygens (including phenoxy) is 1. The van der Waals surface area contributed by atoms with Gasteiger partial charge in [-0.05, 0) is 49.3 Å². The number of carbonyl (C=O) groups is 2. The normalized spacial score (nSPS) is 15.6. The van der Waals surface area contributed by atoms with Crippen molar-refractivity contribution in [2.24, 2.45) is 5.92 Å². The first-order chi connectivity index (χ1) is 9.97. The van der Waals surface area contributed by atoms with Gasteiger partial charge in [0.05, 0.1) is 5.56 Å². The van der Waals surface area contributed by atoms with Crippen molar-refractivity contribution in [3.05, 3.63) is 35.4 Å². The van der Waals surface area contributed by atoms with Gasteiger partial charge in [0.15, 0.2) is 6.61 Å². The Morgan fingerprint density at radius 1 is 1.19 bits per heavy atom. The van der Waals surface area contributed by atoms with E-state index in [4.69, 9.17) is 4.74 Å².